The third kappa shape index (κ3) is 6.20. The van der Waals surface area contributed by atoms with E-state index in [4.69, 9.17) is 11.6 Å². The molecule has 2 heterocycles. The highest BCUT2D eigenvalue weighted by molar-refractivity contribution is 6.30. The van der Waals surface area contributed by atoms with Gasteiger partial charge in [-0.1, -0.05) is 32.4 Å². The number of hydrogen-bond acceptors (Lipinski definition) is 5. The molecule has 0 fully saturated rings. The molecule has 0 aliphatic carbocycles. The zero-order chi connectivity index (χ0) is 26.1. The lowest BCUT2D eigenvalue weighted by atomic mass is 9.85. The molecule has 1 aromatic heterocycles. The first-order valence-electron chi connectivity index (χ1n) is 11.7. The fourth-order valence-electron chi connectivity index (χ4n) is 4.10. The van der Waals surface area contributed by atoms with Gasteiger partial charge in [0.2, 0.25) is 5.91 Å². The van der Waals surface area contributed by atoms with Crippen LogP contribution < -0.4 is 10.6 Å². The molecule has 8 nitrogen and oxygen atoms in total. The maximum absolute atomic E-state index is 14.8. The molecule has 0 radical (unpaired) electrons. The van der Waals surface area contributed by atoms with Crippen LogP contribution in [0.1, 0.15) is 57.2 Å². The molecule has 3 N–H and O–H groups in total. The van der Waals surface area contributed by atoms with Crippen LogP contribution in [0.15, 0.2) is 18.2 Å². The summed E-state index contributed by atoms with van der Waals surface area (Å²) in [5.41, 5.74) is -0.452. The van der Waals surface area contributed by atoms with Gasteiger partial charge in [0.1, 0.15) is 17.7 Å². The van der Waals surface area contributed by atoms with Crippen molar-refractivity contribution in [3.8, 4) is 11.4 Å². The first-order chi connectivity index (χ1) is 16.2. The molecule has 10 heteroatoms. The van der Waals surface area contributed by atoms with Gasteiger partial charge < -0.3 is 25.2 Å². The van der Waals surface area contributed by atoms with Gasteiger partial charge in [0.05, 0.1) is 23.4 Å². The van der Waals surface area contributed by atoms with E-state index in [1.165, 1.54) is 18.2 Å². The summed E-state index contributed by atoms with van der Waals surface area (Å²) in [7, 11) is 1.95. The topological polar surface area (TPSA) is 99.5 Å². The number of hydrogen-bond donors (Lipinski definition) is 3. The molecular formula is C25H35ClFN5O3. The van der Waals surface area contributed by atoms with Gasteiger partial charge in [-0.05, 0) is 57.5 Å². The number of fused-ring (bicyclic) bond motifs is 1. The Morgan fingerprint density at radius 3 is 2.54 bits per heavy atom. The van der Waals surface area contributed by atoms with Crippen molar-refractivity contribution in [3.05, 3.63) is 40.4 Å². The molecule has 2 aromatic rings. The minimum Gasteiger partial charge on any atom is -0.394 e. The summed E-state index contributed by atoms with van der Waals surface area (Å²) in [5, 5.41) is 15.6. The quantitative estimate of drug-likeness (QED) is 0.557. The average molecular weight is 508 g/mol. The summed E-state index contributed by atoms with van der Waals surface area (Å²) in [6.07, 6.45) is 0.805. The Kier molecular flexibility index (Phi) is 7.93. The van der Waals surface area contributed by atoms with Crippen LogP contribution in [-0.2, 0) is 17.9 Å². The smallest absolute Gasteiger partial charge is 0.272 e. The number of amides is 2. The van der Waals surface area contributed by atoms with E-state index in [1.807, 2.05) is 32.4 Å². The van der Waals surface area contributed by atoms with Crippen molar-refractivity contribution in [2.75, 3.05) is 20.2 Å². The van der Waals surface area contributed by atoms with Crippen molar-refractivity contribution >= 4 is 23.4 Å². The van der Waals surface area contributed by atoms with E-state index in [2.05, 4.69) is 20.5 Å². The highest BCUT2D eigenvalue weighted by Gasteiger charge is 2.37. The number of carbonyl (C=O) groups is 2. The van der Waals surface area contributed by atoms with Crippen LogP contribution in [0.5, 0.6) is 0 Å². The molecule has 0 saturated carbocycles. The second kappa shape index (κ2) is 10.2. The Morgan fingerprint density at radius 1 is 1.23 bits per heavy atom. The van der Waals surface area contributed by atoms with E-state index in [0.29, 0.717) is 29.6 Å². The largest absolute Gasteiger partial charge is 0.394 e. The van der Waals surface area contributed by atoms with Crippen molar-refractivity contribution in [2.24, 2.45) is 5.41 Å². The summed E-state index contributed by atoms with van der Waals surface area (Å²) in [5.74, 6) is -1.08. The van der Waals surface area contributed by atoms with Crippen molar-refractivity contribution in [1.29, 1.82) is 0 Å². The molecule has 1 aliphatic rings. The predicted octanol–water partition coefficient (Wildman–Crippen LogP) is 3.21. The highest BCUT2D eigenvalue weighted by Crippen LogP contribution is 2.30. The van der Waals surface area contributed by atoms with Gasteiger partial charge in [-0.15, -0.1) is 0 Å². The number of benzene rings is 1. The monoisotopic (exact) mass is 507 g/mol. The summed E-state index contributed by atoms with van der Waals surface area (Å²) >= 11 is 6.14. The number of nitrogens with zero attached hydrogens (tertiary/aromatic N) is 3. The fourth-order valence-corrected chi connectivity index (χ4v) is 4.27. The number of carbonyl (C=O) groups excluding carboxylic acids is 2. The van der Waals surface area contributed by atoms with Crippen molar-refractivity contribution < 1.29 is 19.1 Å². The highest BCUT2D eigenvalue weighted by atomic mass is 35.5. The van der Waals surface area contributed by atoms with Crippen molar-refractivity contribution in [2.45, 2.75) is 65.7 Å². The lowest BCUT2D eigenvalue weighted by Gasteiger charge is -2.33. The van der Waals surface area contributed by atoms with E-state index in [9.17, 15) is 19.1 Å². The predicted molar refractivity (Wildman–Crippen MR) is 134 cm³/mol. The van der Waals surface area contributed by atoms with Gasteiger partial charge in [-0.25, -0.2) is 9.37 Å². The molecule has 0 bridgehead atoms. The molecular weight excluding hydrogens is 473 g/mol. The molecule has 0 saturated heterocycles. The van der Waals surface area contributed by atoms with Gasteiger partial charge >= 0.3 is 0 Å². The first-order valence-corrected chi connectivity index (χ1v) is 12.1. The fraction of sp³-hybridized carbons (Fsp3) is 0.560. The maximum atomic E-state index is 14.8. The van der Waals surface area contributed by atoms with Crippen molar-refractivity contribution in [3.63, 3.8) is 0 Å². The molecule has 1 aromatic carbocycles. The molecule has 1 atom stereocenters. The Hall–Kier alpha value is -2.49. The van der Waals surface area contributed by atoms with Crippen molar-refractivity contribution in [1.82, 2.24) is 25.1 Å². The third-order valence-electron chi connectivity index (χ3n) is 6.06. The summed E-state index contributed by atoms with van der Waals surface area (Å²) in [4.78, 5) is 33.3. The third-order valence-corrected chi connectivity index (χ3v) is 6.29. The SMILES string of the molecule is CN1CCCn2c(-c3cc(Cl)ccc3F)nc(C(=O)NC(C(=O)NC(C)(C)CO)C(C)(C)C)c2C1. The second-order valence-electron chi connectivity index (χ2n) is 10.9. The molecule has 2 amide bonds. The molecule has 0 spiro atoms. The first kappa shape index (κ1) is 27.1. The van der Waals surface area contributed by atoms with Gasteiger partial charge in [0.15, 0.2) is 5.69 Å². The van der Waals surface area contributed by atoms with Gasteiger partial charge in [0, 0.05) is 18.1 Å². The minimum atomic E-state index is -0.895. The summed E-state index contributed by atoms with van der Waals surface area (Å²) in [6, 6.07) is 3.36. The number of rotatable bonds is 6. The Bertz CT molecular complexity index is 1110. The number of aliphatic hydroxyl groups excluding tert-OH is 1. The molecule has 192 valence electrons. The van der Waals surface area contributed by atoms with Crippen LogP contribution in [0.4, 0.5) is 4.39 Å². The zero-order valence-electron chi connectivity index (χ0n) is 21.2. The Labute approximate surface area is 210 Å². The van der Waals surface area contributed by atoms with E-state index in [0.717, 1.165) is 13.0 Å². The van der Waals surface area contributed by atoms with E-state index < -0.39 is 34.6 Å². The Balaban J connectivity index is 2.04. The van der Waals surface area contributed by atoms with Crippen LogP contribution in [0, 0.1) is 11.2 Å². The lowest BCUT2D eigenvalue weighted by Crippen LogP contribution is -2.58. The molecule has 1 aliphatic heterocycles. The van der Waals surface area contributed by atoms with Crippen LogP contribution >= 0.6 is 11.6 Å². The molecule has 35 heavy (non-hydrogen) atoms. The molecule has 1 unspecified atom stereocenters. The number of imidazole rings is 1. The lowest BCUT2D eigenvalue weighted by molar-refractivity contribution is -0.127. The minimum absolute atomic E-state index is 0.150. The second-order valence-corrected chi connectivity index (χ2v) is 11.3. The van der Waals surface area contributed by atoms with E-state index in [-0.39, 0.29) is 17.9 Å². The van der Waals surface area contributed by atoms with E-state index >= 15 is 0 Å². The molecule has 3 rings (SSSR count). The number of halogens is 2. The number of aromatic nitrogens is 2. The van der Waals surface area contributed by atoms with E-state index in [1.54, 1.807) is 13.8 Å². The van der Waals surface area contributed by atoms with Gasteiger partial charge in [-0.2, -0.15) is 0 Å². The normalized spacial score (nSPS) is 15.8. The van der Waals surface area contributed by atoms with Crippen LogP contribution in [0.25, 0.3) is 11.4 Å². The summed E-state index contributed by atoms with van der Waals surface area (Å²) in [6.45, 7) is 10.5. The van der Waals surface area contributed by atoms with Gasteiger partial charge in [-0.3, -0.25) is 9.59 Å². The summed E-state index contributed by atoms with van der Waals surface area (Å²) < 4.78 is 16.7. The number of aliphatic hydroxyl groups is 1. The number of nitrogens with one attached hydrogen (secondary N) is 2. The van der Waals surface area contributed by atoms with Gasteiger partial charge in [0.25, 0.3) is 5.91 Å². The van der Waals surface area contributed by atoms with Crippen LogP contribution in [-0.4, -0.2) is 63.2 Å². The zero-order valence-corrected chi connectivity index (χ0v) is 22.0. The Morgan fingerprint density at radius 2 is 1.91 bits per heavy atom. The van der Waals surface area contributed by atoms with Crippen LogP contribution in [0.2, 0.25) is 5.02 Å². The van der Waals surface area contributed by atoms with Crippen LogP contribution in [0.3, 0.4) is 0 Å². The maximum Gasteiger partial charge on any atom is 0.272 e. The standard InChI is InChI=1S/C25H35ClFN5O3/c1-24(2,3)20(23(35)30-25(4,5)14-33)29-22(34)19-18-13-31(6)10-7-11-32(18)21(28-19)16-12-15(26)8-9-17(16)27/h8-9,12,20,33H,7,10-11,13-14H2,1-6H3,(H,29,34)(H,30,35). The average Bonchev–Trinajstić information content (AvgIpc) is 2.98.